The van der Waals surface area contributed by atoms with Crippen molar-refractivity contribution in [2.45, 2.75) is 44.6 Å². The van der Waals surface area contributed by atoms with Crippen LogP contribution in [0.25, 0.3) is 21.6 Å². The van der Waals surface area contributed by atoms with Crippen LogP contribution in [0.2, 0.25) is 0 Å². The van der Waals surface area contributed by atoms with Gasteiger partial charge in [-0.3, -0.25) is 4.90 Å². The maximum absolute atomic E-state index is 5.51. The van der Waals surface area contributed by atoms with Gasteiger partial charge in [-0.15, -0.1) is 11.3 Å². The summed E-state index contributed by atoms with van der Waals surface area (Å²) < 4.78 is 5.51. The van der Waals surface area contributed by atoms with Crippen molar-refractivity contribution >= 4 is 22.4 Å². The van der Waals surface area contributed by atoms with Gasteiger partial charge in [-0.1, -0.05) is 0 Å². The van der Waals surface area contributed by atoms with Crippen molar-refractivity contribution < 1.29 is 4.74 Å². The number of thiazole rings is 1. The highest BCUT2D eigenvalue weighted by Crippen LogP contribution is 2.37. The molecule has 0 unspecified atom stereocenters. The summed E-state index contributed by atoms with van der Waals surface area (Å²) in [5.41, 5.74) is 4.61. The molecule has 5 nitrogen and oxygen atoms in total. The zero-order chi connectivity index (χ0) is 18.2. The second kappa shape index (κ2) is 7.34. The third-order valence-corrected chi connectivity index (χ3v) is 7.13. The van der Waals surface area contributed by atoms with Gasteiger partial charge in [0.2, 0.25) is 0 Å². The Hall–Kier alpha value is -1.76. The van der Waals surface area contributed by atoms with E-state index in [-0.39, 0.29) is 0 Å². The molecule has 1 N–H and O–H groups in total. The molecule has 5 rings (SSSR count). The van der Waals surface area contributed by atoms with E-state index in [0.29, 0.717) is 5.92 Å². The topological polar surface area (TPSA) is 54.0 Å². The predicted octanol–water partition coefficient (Wildman–Crippen LogP) is 4.35. The molecule has 0 aromatic carbocycles. The number of morpholine rings is 1. The van der Waals surface area contributed by atoms with E-state index in [9.17, 15) is 0 Å². The van der Waals surface area contributed by atoms with Crippen LogP contribution in [-0.2, 0) is 4.74 Å². The first kappa shape index (κ1) is 17.3. The van der Waals surface area contributed by atoms with Gasteiger partial charge >= 0.3 is 0 Å². The SMILES string of the molecule is Cc1csc(-c2c[nH]c3ncc([C@H]4CC[C@H](N5CCOCC5)CC4)cc23)n1. The molecule has 1 aliphatic carbocycles. The van der Waals surface area contributed by atoms with E-state index in [2.05, 4.69) is 38.7 Å². The number of rotatable bonds is 3. The Morgan fingerprint density at radius 2 is 2.00 bits per heavy atom. The number of ether oxygens (including phenoxy) is 1. The molecule has 3 aromatic heterocycles. The van der Waals surface area contributed by atoms with Gasteiger partial charge in [0.25, 0.3) is 0 Å². The highest BCUT2D eigenvalue weighted by molar-refractivity contribution is 7.13. The molecule has 2 aliphatic rings. The standard InChI is InChI=1S/C21H26N4OS/c1-14-13-27-21(24-14)19-12-23-20-18(19)10-16(11-22-20)15-2-4-17(5-3-15)25-6-8-26-9-7-25/h10-13,15,17H,2-9H2,1H3,(H,22,23)/t15-,17-. The van der Waals surface area contributed by atoms with E-state index in [4.69, 9.17) is 9.72 Å². The molecule has 1 saturated carbocycles. The maximum atomic E-state index is 5.51. The van der Waals surface area contributed by atoms with Gasteiger partial charge in [0.05, 0.1) is 13.2 Å². The van der Waals surface area contributed by atoms with E-state index < -0.39 is 0 Å². The molecule has 1 saturated heterocycles. The number of nitrogens with zero attached hydrogens (tertiary/aromatic N) is 3. The monoisotopic (exact) mass is 382 g/mol. The van der Waals surface area contributed by atoms with Gasteiger partial charge in [0.15, 0.2) is 0 Å². The zero-order valence-electron chi connectivity index (χ0n) is 15.8. The number of aryl methyl sites for hydroxylation is 1. The molecule has 0 bridgehead atoms. The van der Waals surface area contributed by atoms with Crippen LogP contribution in [0.1, 0.15) is 42.9 Å². The number of nitrogens with one attached hydrogen (secondary N) is 1. The third-order valence-electron chi connectivity index (χ3n) is 6.13. The third kappa shape index (κ3) is 3.42. The Bertz CT molecular complexity index is 919. The first-order chi connectivity index (χ1) is 13.3. The Morgan fingerprint density at radius 1 is 1.19 bits per heavy atom. The lowest BCUT2D eigenvalue weighted by Crippen LogP contribution is -2.44. The largest absolute Gasteiger partial charge is 0.379 e. The van der Waals surface area contributed by atoms with E-state index in [0.717, 1.165) is 48.7 Å². The lowest BCUT2D eigenvalue weighted by molar-refractivity contribution is 0.00729. The summed E-state index contributed by atoms with van der Waals surface area (Å²) >= 11 is 1.71. The number of pyridine rings is 1. The first-order valence-corrected chi connectivity index (χ1v) is 10.9. The van der Waals surface area contributed by atoms with Crippen LogP contribution >= 0.6 is 11.3 Å². The minimum atomic E-state index is 0.625. The van der Waals surface area contributed by atoms with Crippen molar-refractivity contribution in [2.24, 2.45) is 0 Å². The number of hydrogen-bond donors (Lipinski definition) is 1. The van der Waals surface area contributed by atoms with Crippen LogP contribution in [0.3, 0.4) is 0 Å². The van der Waals surface area contributed by atoms with Crippen LogP contribution < -0.4 is 0 Å². The first-order valence-electron chi connectivity index (χ1n) is 9.99. The molecule has 4 heterocycles. The molecule has 0 atom stereocenters. The second-order valence-corrected chi connectivity index (χ2v) is 8.67. The van der Waals surface area contributed by atoms with Gasteiger partial charge in [0, 0.05) is 53.5 Å². The van der Waals surface area contributed by atoms with Crippen molar-refractivity contribution in [2.75, 3.05) is 26.3 Å². The fraction of sp³-hybridized carbons (Fsp3) is 0.524. The smallest absolute Gasteiger partial charge is 0.137 e. The number of H-pyrrole nitrogens is 1. The Balaban J connectivity index is 1.35. The second-order valence-electron chi connectivity index (χ2n) is 7.81. The molecule has 142 valence electrons. The van der Waals surface area contributed by atoms with E-state index in [1.807, 2.05) is 6.92 Å². The highest BCUT2D eigenvalue weighted by atomic mass is 32.1. The van der Waals surface area contributed by atoms with Crippen molar-refractivity contribution in [3.63, 3.8) is 0 Å². The molecule has 0 radical (unpaired) electrons. The molecular formula is C21H26N4OS. The number of aromatic nitrogens is 3. The average molecular weight is 383 g/mol. The van der Waals surface area contributed by atoms with Gasteiger partial charge in [0.1, 0.15) is 10.7 Å². The normalized spacial score (nSPS) is 24.5. The number of hydrogen-bond acceptors (Lipinski definition) is 5. The summed E-state index contributed by atoms with van der Waals surface area (Å²) in [6.45, 7) is 6.04. The van der Waals surface area contributed by atoms with Crippen molar-refractivity contribution in [3.8, 4) is 10.6 Å². The Kier molecular flexibility index (Phi) is 4.71. The average Bonchev–Trinajstić information content (AvgIpc) is 3.34. The van der Waals surface area contributed by atoms with Crippen molar-refractivity contribution in [1.82, 2.24) is 19.9 Å². The quantitative estimate of drug-likeness (QED) is 0.731. The van der Waals surface area contributed by atoms with Gasteiger partial charge < -0.3 is 9.72 Å². The minimum absolute atomic E-state index is 0.625. The van der Waals surface area contributed by atoms with Crippen LogP contribution in [0, 0.1) is 6.92 Å². The fourth-order valence-corrected chi connectivity index (χ4v) is 5.44. The van der Waals surface area contributed by atoms with Gasteiger partial charge in [-0.2, -0.15) is 0 Å². The molecular weight excluding hydrogens is 356 g/mol. The van der Waals surface area contributed by atoms with Crippen LogP contribution in [0.15, 0.2) is 23.8 Å². The van der Waals surface area contributed by atoms with Crippen molar-refractivity contribution in [1.29, 1.82) is 0 Å². The summed E-state index contributed by atoms with van der Waals surface area (Å²) in [4.78, 5) is 15.3. The molecule has 1 aliphatic heterocycles. The van der Waals surface area contributed by atoms with Crippen LogP contribution in [0.5, 0.6) is 0 Å². The summed E-state index contributed by atoms with van der Waals surface area (Å²) in [5.74, 6) is 0.625. The lowest BCUT2D eigenvalue weighted by atomic mass is 9.81. The summed E-state index contributed by atoms with van der Waals surface area (Å²) in [6.07, 6.45) is 9.21. The van der Waals surface area contributed by atoms with Crippen molar-refractivity contribution in [3.05, 3.63) is 35.1 Å². The van der Waals surface area contributed by atoms with Crippen LogP contribution in [-0.4, -0.2) is 52.2 Å². The van der Waals surface area contributed by atoms with E-state index >= 15 is 0 Å². The van der Waals surface area contributed by atoms with E-state index in [1.165, 1.54) is 42.2 Å². The molecule has 0 amide bonds. The Morgan fingerprint density at radius 3 is 2.74 bits per heavy atom. The number of aromatic amines is 1. The lowest BCUT2D eigenvalue weighted by Gasteiger charge is -2.38. The summed E-state index contributed by atoms with van der Waals surface area (Å²) in [6, 6.07) is 3.09. The Labute approximate surface area is 163 Å². The molecule has 3 aromatic rings. The maximum Gasteiger partial charge on any atom is 0.137 e. The minimum Gasteiger partial charge on any atom is -0.379 e. The van der Waals surface area contributed by atoms with Crippen LogP contribution in [0.4, 0.5) is 0 Å². The predicted molar refractivity (Wildman–Crippen MR) is 109 cm³/mol. The molecule has 6 heteroatoms. The molecule has 2 fully saturated rings. The summed E-state index contributed by atoms with van der Waals surface area (Å²) in [5, 5.41) is 4.39. The van der Waals surface area contributed by atoms with E-state index in [1.54, 1.807) is 11.3 Å². The highest BCUT2D eigenvalue weighted by Gasteiger charge is 2.28. The zero-order valence-corrected chi connectivity index (χ0v) is 16.6. The molecule has 0 spiro atoms. The van der Waals surface area contributed by atoms with Gasteiger partial charge in [-0.05, 0) is 50.2 Å². The number of fused-ring (bicyclic) bond motifs is 1. The molecule has 27 heavy (non-hydrogen) atoms. The fourth-order valence-electron chi connectivity index (χ4n) is 4.61. The van der Waals surface area contributed by atoms with Gasteiger partial charge in [-0.25, -0.2) is 9.97 Å². The summed E-state index contributed by atoms with van der Waals surface area (Å²) in [7, 11) is 0.